The normalized spacial score (nSPS) is 12.2. The fourth-order valence-corrected chi connectivity index (χ4v) is 1.19. The molecule has 1 rings (SSSR count). The van der Waals surface area contributed by atoms with Gasteiger partial charge in [0.05, 0.1) is 0 Å². The molecule has 0 spiro atoms. The van der Waals surface area contributed by atoms with E-state index in [1.54, 1.807) is 6.92 Å². The van der Waals surface area contributed by atoms with Crippen LogP contribution < -0.4 is 0 Å². The average Bonchev–Trinajstić information content (AvgIpc) is 2.19. The first-order valence-corrected chi connectivity index (χ1v) is 4.23. The monoisotopic (exact) mass is 200 g/mol. The Hall–Kier alpha value is -1.45. The Bertz CT molecular complexity index is 326. The van der Waals surface area contributed by atoms with Crippen LogP contribution in [0.5, 0.6) is 0 Å². The van der Waals surface area contributed by atoms with E-state index in [-0.39, 0.29) is 0 Å². The van der Waals surface area contributed by atoms with Gasteiger partial charge in [-0.15, -0.1) is 0 Å². The third-order valence-electron chi connectivity index (χ3n) is 1.91. The fraction of sp³-hybridized carbons (Fsp3) is 0.300. The molecular formula is C10H10F2O2. The molecule has 0 aliphatic rings. The molecule has 0 bridgehead atoms. The SMILES string of the molecule is CCC(OC=O)c1ccc(F)c(F)c1. The molecule has 1 atom stereocenters. The molecule has 2 nitrogen and oxygen atoms in total. The first-order chi connectivity index (χ1) is 6.69. The zero-order valence-corrected chi connectivity index (χ0v) is 7.67. The summed E-state index contributed by atoms with van der Waals surface area (Å²) < 4.78 is 30.1. The minimum atomic E-state index is -0.935. The standard InChI is InChI=1S/C10H10F2O2/c1-2-10(14-6-13)7-3-4-8(11)9(12)5-7/h3-6,10H,2H2,1H3. The summed E-state index contributed by atoms with van der Waals surface area (Å²) in [7, 11) is 0. The van der Waals surface area contributed by atoms with Gasteiger partial charge in [0.15, 0.2) is 11.6 Å². The van der Waals surface area contributed by atoms with Gasteiger partial charge in [-0.05, 0) is 24.1 Å². The van der Waals surface area contributed by atoms with E-state index in [0.29, 0.717) is 18.5 Å². The van der Waals surface area contributed by atoms with Gasteiger partial charge < -0.3 is 4.74 Å². The van der Waals surface area contributed by atoms with Gasteiger partial charge in [-0.25, -0.2) is 8.78 Å². The topological polar surface area (TPSA) is 26.3 Å². The highest BCUT2D eigenvalue weighted by Crippen LogP contribution is 2.21. The molecule has 0 amide bonds. The second-order valence-electron chi connectivity index (χ2n) is 2.80. The maximum absolute atomic E-state index is 12.8. The highest BCUT2D eigenvalue weighted by molar-refractivity contribution is 5.38. The van der Waals surface area contributed by atoms with Crippen molar-refractivity contribution < 1.29 is 18.3 Å². The van der Waals surface area contributed by atoms with Crippen LogP contribution in [0.1, 0.15) is 25.0 Å². The first kappa shape index (κ1) is 10.6. The van der Waals surface area contributed by atoms with Crippen LogP contribution in [-0.4, -0.2) is 6.47 Å². The highest BCUT2D eigenvalue weighted by Gasteiger charge is 2.12. The summed E-state index contributed by atoms with van der Waals surface area (Å²) in [4.78, 5) is 10.1. The van der Waals surface area contributed by atoms with Gasteiger partial charge >= 0.3 is 0 Å². The Morgan fingerprint density at radius 2 is 2.14 bits per heavy atom. The second kappa shape index (κ2) is 4.69. The number of carbonyl (C=O) groups excluding carboxylic acids is 1. The molecule has 0 radical (unpaired) electrons. The molecule has 1 unspecified atom stereocenters. The Morgan fingerprint density at radius 1 is 1.43 bits per heavy atom. The fourth-order valence-electron chi connectivity index (χ4n) is 1.19. The maximum Gasteiger partial charge on any atom is 0.293 e. The zero-order chi connectivity index (χ0) is 10.6. The lowest BCUT2D eigenvalue weighted by molar-refractivity contribution is -0.134. The summed E-state index contributed by atoms with van der Waals surface area (Å²) in [5, 5.41) is 0. The van der Waals surface area contributed by atoms with Crippen LogP contribution in [0.2, 0.25) is 0 Å². The van der Waals surface area contributed by atoms with Crippen molar-refractivity contribution in [2.45, 2.75) is 19.4 Å². The van der Waals surface area contributed by atoms with Crippen molar-refractivity contribution in [3.63, 3.8) is 0 Å². The van der Waals surface area contributed by atoms with Crippen molar-refractivity contribution in [3.8, 4) is 0 Å². The van der Waals surface area contributed by atoms with E-state index >= 15 is 0 Å². The molecular weight excluding hydrogens is 190 g/mol. The number of hydrogen-bond donors (Lipinski definition) is 0. The number of halogens is 2. The molecule has 0 N–H and O–H groups in total. The zero-order valence-electron chi connectivity index (χ0n) is 7.67. The summed E-state index contributed by atoms with van der Waals surface area (Å²) in [6, 6.07) is 3.45. The molecule has 1 aromatic rings. The molecule has 0 fully saturated rings. The van der Waals surface area contributed by atoms with Crippen molar-refractivity contribution in [1.29, 1.82) is 0 Å². The second-order valence-corrected chi connectivity index (χ2v) is 2.80. The molecule has 0 heterocycles. The van der Waals surface area contributed by atoms with Crippen molar-refractivity contribution >= 4 is 6.47 Å². The highest BCUT2D eigenvalue weighted by atomic mass is 19.2. The summed E-state index contributed by atoms with van der Waals surface area (Å²) in [6.45, 7) is 2.09. The lowest BCUT2D eigenvalue weighted by Gasteiger charge is -2.12. The predicted molar refractivity (Wildman–Crippen MR) is 46.5 cm³/mol. The average molecular weight is 200 g/mol. The Kier molecular flexibility index (Phi) is 3.56. The van der Waals surface area contributed by atoms with Gasteiger partial charge in [-0.3, -0.25) is 4.79 Å². The third kappa shape index (κ3) is 2.28. The lowest BCUT2D eigenvalue weighted by Crippen LogP contribution is -2.02. The van der Waals surface area contributed by atoms with Crippen molar-refractivity contribution in [2.75, 3.05) is 0 Å². The summed E-state index contributed by atoms with van der Waals surface area (Å²) >= 11 is 0. The number of rotatable bonds is 4. The Balaban J connectivity index is 2.93. The van der Waals surface area contributed by atoms with Gasteiger partial charge in [0.25, 0.3) is 6.47 Å². The smallest absolute Gasteiger partial charge is 0.293 e. The van der Waals surface area contributed by atoms with Crippen LogP contribution in [0, 0.1) is 11.6 Å². The molecule has 0 aliphatic carbocycles. The minimum absolute atomic E-state index is 0.301. The first-order valence-electron chi connectivity index (χ1n) is 4.23. The number of ether oxygens (including phenoxy) is 1. The van der Waals surface area contributed by atoms with Crippen molar-refractivity contribution in [1.82, 2.24) is 0 Å². The van der Waals surface area contributed by atoms with E-state index in [1.807, 2.05) is 0 Å². The summed E-state index contributed by atoms with van der Waals surface area (Å²) in [5.74, 6) is -1.84. The van der Waals surface area contributed by atoms with Crippen LogP contribution in [0.25, 0.3) is 0 Å². The van der Waals surface area contributed by atoms with Gasteiger partial charge in [0.2, 0.25) is 0 Å². The summed E-state index contributed by atoms with van der Waals surface area (Å²) in [6.07, 6.45) is 0.00619. The van der Waals surface area contributed by atoms with Crippen LogP contribution in [0.3, 0.4) is 0 Å². The van der Waals surface area contributed by atoms with Gasteiger partial charge in [0.1, 0.15) is 6.10 Å². The summed E-state index contributed by atoms with van der Waals surface area (Å²) in [5.41, 5.74) is 0.457. The molecule has 76 valence electrons. The molecule has 0 aromatic heterocycles. The van der Waals surface area contributed by atoms with Crippen molar-refractivity contribution in [3.05, 3.63) is 35.4 Å². The van der Waals surface area contributed by atoms with E-state index in [9.17, 15) is 13.6 Å². The van der Waals surface area contributed by atoms with E-state index < -0.39 is 17.7 Å². The molecule has 0 aliphatic heterocycles. The van der Waals surface area contributed by atoms with Crippen LogP contribution in [0.4, 0.5) is 8.78 Å². The van der Waals surface area contributed by atoms with Crippen LogP contribution >= 0.6 is 0 Å². The van der Waals surface area contributed by atoms with E-state index in [0.717, 1.165) is 12.1 Å². The van der Waals surface area contributed by atoms with Crippen LogP contribution in [-0.2, 0) is 9.53 Å². The van der Waals surface area contributed by atoms with E-state index in [2.05, 4.69) is 0 Å². The quantitative estimate of drug-likeness (QED) is 0.698. The van der Waals surface area contributed by atoms with E-state index in [4.69, 9.17) is 4.74 Å². The molecule has 4 heteroatoms. The maximum atomic E-state index is 12.8. The minimum Gasteiger partial charge on any atom is -0.460 e. The number of carbonyl (C=O) groups is 1. The molecule has 1 aromatic carbocycles. The van der Waals surface area contributed by atoms with Gasteiger partial charge in [0, 0.05) is 0 Å². The molecule has 0 saturated heterocycles. The Morgan fingerprint density at radius 3 is 2.64 bits per heavy atom. The van der Waals surface area contributed by atoms with Crippen molar-refractivity contribution in [2.24, 2.45) is 0 Å². The van der Waals surface area contributed by atoms with Crippen LogP contribution in [0.15, 0.2) is 18.2 Å². The van der Waals surface area contributed by atoms with Gasteiger partial charge in [-0.1, -0.05) is 13.0 Å². The van der Waals surface area contributed by atoms with Gasteiger partial charge in [-0.2, -0.15) is 0 Å². The largest absolute Gasteiger partial charge is 0.460 e. The molecule has 0 saturated carbocycles. The Labute approximate surface area is 80.5 Å². The lowest BCUT2D eigenvalue weighted by atomic mass is 10.1. The predicted octanol–water partition coefficient (Wildman–Crippen LogP) is 2.59. The molecule has 14 heavy (non-hydrogen) atoms. The third-order valence-corrected chi connectivity index (χ3v) is 1.91. The number of benzene rings is 1. The number of hydrogen-bond acceptors (Lipinski definition) is 2. The van der Waals surface area contributed by atoms with E-state index in [1.165, 1.54) is 6.07 Å².